The van der Waals surface area contributed by atoms with E-state index in [-0.39, 0.29) is 5.57 Å². The van der Waals surface area contributed by atoms with Gasteiger partial charge in [0.05, 0.1) is 50.6 Å². The summed E-state index contributed by atoms with van der Waals surface area (Å²) in [4.78, 5) is 38.2. The molecule has 4 aromatic rings. The zero-order valence-electron chi connectivity index (χ0n) is 21.1. The Kier molecular flexibility index (Phi) is 7.13. The van der Waals surface area contributed by atoms with Crippen LogP contribution in [0.3, 0.4) is 0 Å². The second-order valence-corrected chi connectivity index (χ2v) is 11.1. The van der Waals surface area contributed by atoms with E-state index in [1.54, 1.807) is 50.2 Å². The van der Waals surface area contributed by atoms with Crippen molar-refractivity contribution >= 4 is 61.3 Å². The molecule has 1 N–H and O–H groups in total. The number of halogens is 1. The number of Topliss-reactive ketones (excluding diaryl/α,β-unsaturated/α-hetero) is 1. The monoisotopic (exact) mass is 569 g/mol. The normalized spacial score (nSPS) is 15.6. The highest BCUT2D eigenvalue weighted by atomic mass is 35.5. The number of amides is 1. The minimum Gasteiger partial charge on any atom is -0.503 e. The standard InChI is InChI=1S/C27H24ClN3O5S2/c1-5-35-18-10-7-15(11-19(18)36-6-2)22-21(23(32)25-13(3)29-14(4)37-25)24(33)26(34)31(22)27-30-17-9-8-16(28)12-20(17)38-27/h7-12,22,33H,5-6H2,1-4H3. The molecule has 0 radical (unpaired) electrons. The van der Waals surface area contributed by atoms with Crippen LogP contribution in [0, 0.1) is 13.8 Å². The zero-order chi connectivity index (χ0) is 27.1. The van der Waals surface area contributed by atoms with Crippen LogP contribution < -0.4 is 14.4 Å². The molecule has 0 spiro atoms. The van der Waals surface area contributed by atoms with E-state index >= 15 is 0 Å². The van der Waals surface area contributed by atoms with Crippen LogP contribution in [-0.4, -0.2) is 40.0 Å². The van der Waals surface area contributed by atoms with Gasteiger partial charge in [-0.25, -0.2) is 9.97 Å². The van der Waals surface area contributed by atoms with E-state index in [4.69, 9.17) is 21.1 Å². The summed E-state index contributed by atoms with van der Waals surface area (Å²) >= 11 is 8.65. The number of hydrogen-bond acceptors (Lipinski definition) is 9. The lowest BCUT2D eigenvalue weighted by molar-refractivity contribution is -0.117. The second-order valence-electron chi connectivity index (χ2n) is 8.50. The van der Waals surface area contributed by atoms with Gasteiger partial charge in [-0.05, 0) is 63.6 Å². The second kappa shape index (κ2) is 10.4. The van der Waals surface area contributed by atoms with Crippen LogP contribution in [0.4, 0.5) is 5.13 Å². The fraction of sp³-hybridized carbons (Fsp3) is 0.259. The first-order chi connectivity index (χ1) is 18.2. The first-order valence-electron chi connectivity index (χ1n) is 11.9. The lowest BCUT2D eigenvalue weighted by Gasteiger charge is -2.25. The molecule has 0 saturated heterocycles. The van der Waals surface area contributed by atoms with Crippen LogP contribution in [0.2, 0.25) is 5.02 Å². The summed E-state index contributed by atoms with van der Waals surface area (Å²) in [6, 6.07) is 9.53. The Bertz CT molecular complexity index is 1610. The van der Waals surface area contributed by atoms with Crippen molar-refractivity contribution in [3.8, 4) is 11.5 Å². The van der Waals surface area contributed by atoms with Crippen molar-refractivity contribution in [2.24, 2.45) is 0 Å². The number of thiazole rings is 2. The Morgan fingerprint density at radius 1 is 1.05 bits per heavy atom. The molecule has 1 atom stereocenters. The molecule has 1 aliphatic rings. The van der Waals surface area contributed by atoms with Gasteiger partial charge in [-0.1, -0.05) is 29.0 Å². The summed E-state index contributed by atoms with van der Waals surface area (Å²) < 4.78 is 12.3. The molecule has 5 rings (SSSR count). The van der Waals surface area contributed by atoms with Crippen LogP contribution in [-0.2, 0) is 4.79 Å². The molecule has 0 saturated carbocycles. The number of ketones is 1. The molecule has 38 heavy (non-hydrogen) atoms. The molecule has 1 aliphatic heterocycles. The molecule has 196 valence electrons. The Morgan fingerprint density at radius 3 is 2.47 bits per heavy atom. The maximum Gasteiger partial charge on any atom is 0.296 e. The lowest BCUT2D eigenvalue weighted by atomic mass is 9.95. The van der Waals surface area contributed by atoms with Crippen LogP contribution in [0.5, 0.6) is 11.5 Å². The van der Waals surface area contributed by atoms with Crippen molar-refractivity contribution in [1.29, 1.82) is 0 Å². The van der Waals surface area contributed by atoms with E-state index in [0.717, 1.165) is 4.70 Å². The number of anilines is 1. The topological polar surface area (TPSA) is 102 Å². The molecular formula is C27H24ClN3O5S2. The summed E-state index contributed by atoms with van der Waals surface area (Å²) in [7, 11) is 0. The average molecular weight is 570 g/mol. The number of carbonyl (C=O) groups excluding carboxylic acids is 2. The van der Waals surface area contributed by atoms with Gasteiger partial charge >= 0.3 is 0 Å². The van der Waals surface area contributed by atoms with Crippen LogP contribution in [0.1, 0.15) is 45.8 Å². The zero-order valence-corrected chi connectivity index (χ0v) is 23.5. The van der Waals surface area contributed by atoms with Crippen LogP contribution in [0.15, 0.2) is 47.7 Å². The van der Waals surface area contributed by atoms with E-state index in [1.807, 2.05) is 13.8 Å². The Hall–Kier alpha value is -3.47. The van der Waals surface area contributed by atoms with Crippen molar-refractivity contribution in [3.63, 3.8) is 0 Å². The predicted molar refractivity (Wildman–Crippen MR) is 149 cm³/mol. The summed E-state index contributed by atoms with van der Waals surface area (Å²) in [6.45, 7) is 8.10. The van der Waals surface area contributed by atoms with Crippen molar-refractivity contribution in [1.82, 2.24) is 9.97 Å². The fourth-order valence-electron chi connectivity index (χ4n) is 4.44. The van der Waals surface area contributed by atoms with Gasteiger partial charge in [0.15, 0.2) is 22.4 Å². The molecule has 1 amide bonds. The molecular weight excluding hydrogens is 546 g/mol. The lowest BCUT2D eigenvalue weighted by Crippen LogP contribution is -2.31. The molecule has 0 fully saturated rings. The number of rotatable bonds is 8. The first-order valence-corrected chi connectivity index (χ1v) is 14.0. The van der Waals surface area contributed by atoms with Crippen molar-refractivity contribution in [2.75, 3.05) is 18.1 Å². The fourth-order valence-corrected chi connectivity index (χ4v) is 6.58. The first kappa shape index (κ1) is 26.1. The largest absolute Gasteiger partial charge is 0.503 e. The third kappa shape index (κ3) is 4.53. The number of carbonyl (C=O) groups is 2. The molecule has 1 unspecified atom stereocenters. The maximum atomic E-state index is 13.9. The SMILES string of the molecule is CCOc1ccc(C2C(C(=O)c3sc(C)nc3C)=C(O)C(=O)N2c2nc3ccc(Cl)cc3s2)cc1OCC. The van der Waals surface area contributed by atoms with Gasteiger partial charge in [-0.2, -0.15) is 0 Å². The van der Waals surface area contributed by atoms with Gasteiger partial charge in [-0.3, -0.25) is 14.5 Å². The molecule has 0 bridgehead atoms. The predicted octanol–water partition coefficient (Wildman–Crippen LogP) is 6.60. The highest BCUT2D eigenvalue weighted by Gasteiger charge is 2.46. The molecule has 2 aromatic carbocycles. The van der Waals surface area contributed by atoms with E-state index in [9.17, 15) is 14.7 Å². The number of aryl methyl sites for hydroxylation is 2. The summed E-state index contributed by atoms with van der Waals surface area (Å²) in [6.07, 6.45) is 0. The molecule has 3 heterocycles. The Morgan fingerprint density at radius 2 is 1.79 bits per heavy atom. The summed E-state index contributed by atoms with van der Waals surface area (Å²) in [5.74, 6) is -0.775. The number of fused-ring (bicyclic) bond motifs is 1. The summed E-state index contributed by atoms with van der Waals surface area (Å²) in [5.41, 5.74) is 1.72. The van der Waals surface area contributed by atoms with E-state index < -0.39 is 23.5 Å². The highest BCUT2D eigenvalue weighted by molar-refractivity contribution is 7.22. The van der Waals surface area contributed by atoms with E-state index in [0.29, 0.717) is 61.5 Å². The highest BCUT2D eigenvalue weighted by Crippen LogP contribution is 2.46. The maximum absolute atomic E-state index is 13.9. The van der Waals surface area contributed by atoms with Gasteiger partial charge in [0.25, 0.3) is 5.91 Å². The van der Waals surface area contributed by atoms with Gasteiger partial charge in [0.2, 0.25) is 5.78 Å². The quantitative estimate of drug-likeness (QED) is 0.238. The number of aliphatic hydroxyl groups is 1. The number of ether oxygens (including phenoxy) is 2. The molecule has 2 aromatic heterocycles. The molecule has 8 nitrogen and oxygen atoms in total. The van der Waals surface area contributed by atoms with Gasteiger partial charge in [-0.15, -0.1) is 11.3 Å². The van der Waals surface area contributed by atoms with Gasteiger partial charge in [0, 0.05) is 5.02 Å². The van der Waals surface area contributed by atoms with Crippen molar-refractivity contribution in [2.45, 2.75) is 33.7 Å². The minimum absolute atomic E-state index is 0.0364. The van der Waals surface area contributed by atoms with Gasteiger partial charge in [0.1, 0.15) is 0 Å². The number of aliphatic hydroxyl groups excluding tert-OH is 1. The number of aromatic nitrogens is 2. The van der Waals surface area contributed by atoms with Crippen molar-refractivity contribution in [3.05, 3.63) is 73.9 Å². The third-order valence-corrected chi connectivity index (χ3v) is 8.32. The number of benzene rings is 2. The van der Waals surface area contributed by atoms with Gasteiger partial charge < -0.3 is 14.6 Å². The van der Waals surface area contributed by atoms with Crippen LogP contribution >= 0.6 is 34.3 Å². The molecule has 11 heteroatoms. The van der Waals surface area contributed by atoms with E-state index in [1.165, 1.54) is 27.6 Å². The number of hydrogen-bond donors (Lipinski definition) is 1. The summed E-state index contributed by atoms with van der Waals surface area (Å²) in [5, 5.41) is 12.7. The molecule has 0 aliphatic carbocycles. The smallest absolute Gasteiger partial charge is 0.296 e. The Labute approximate surface area is 232 Å². The van der Waals surface area contributed by atoms with Crippen LogP contribution in [0.25, 0.3) is 10.2 Å². The average Bonchev–Trinajstić information content (AvgIpc) is 3.52. The minimum atomic E-state index is -0.956. The third-order valence-electron chi connectivity index (χ3n) is 5.99. The Balaban J connectivity index is 1.70. The van der Waals surface area contributed by atoms with E-state index in [2.05, 4.69) is 9.97 Å². The number of nitrogens with zero attached hydrogens (tertiary/aromatic N) is 3. The van der Waals surface area contributed by atoms with Crippen molar-refractivity contribution < 1.29 is 24.2 Å².